The minimum atomic E-state index is -1.38. The molecule has 5 heteroatoms. The summed E-state index contributed by atoms with van der Waals surface area (Å²) in [4.78, 5) is 0. The molecule has 1 saturated carbocycles. The second-order valence-electron chi connectivity index (χ2n) is 6.14. The van der Waals surface area contributed by atoms with E-state index in [4.69, 9.17) is 0 Å². The Morgan fingerprint density at radius 3 is 2.00 bits per heavy atom. The molecule has 0 spiro atoms. The van der Waals surface area contributed by atoms with Crippen molar-refractivity contribution >= 4 is 5.69 Å². The average Bonchev–Trinajstić information content (AvgIpc) is 2.55. The lowest BCUT2D eigenvalue weighted by molar-refractivity contribution is 0.366. The number of benzene rings is 1. The minimum Gasteiger partial charge on any atom is -0.377 e. The van der Waals surface area contributed by atoms with E-state index in [1.54, 1.807) is 0 Å². The second-order valence-corrected chi connectivity index (χ2v) is 6.14. The van der Waals surface area contributed by atoms with E-state index in [9.17, 15) is 17.6 Å². The normalized spacial score (nSPS) is 25.6. The molecule has 106 valence electrons. The summed E-state index contributed by atoms with van der Waals surface area (Å²) in [6, 6.07) is 0.0258. The van der Waals surface area contributed by atoms with Crippen molar-refractivity contribution in [3.05, 3.63) is 29.3 Å². The summed E-state index contributed by atoms with van der Waals surface area (Å²) in [5, 5.41) is 2.63. The van der Waals surface area contributed by atoms with E-state index in [1.165, 1.54) is 0 Å². The quantitative estimate of drug-likeness (QED) is 0.620. The molecule has 0 bridgehead atoms. The van der Waals surface area contributed by atoms with Crippen LogP contribution in [0.4, 0.5) is 23.2 Å². The molecular weight excluding hydrogens is 258 g/mol. The Morgan fingerprint density at radius 2 is 1.58 bits per heavy atom. The van der Waals surface area contributed by atoms with Crippen LogP contribution in [0.1, 0.15) is 33.6 Å². The summed E-state index contributed by atoms with van der Waals surface area (Å²) in [6.07, 6.45) is 1.59. The zero-order valence-corrected chi connectivity index (χ0v) is 11.2. The maximum absolute atomic E-state index is 13.6. The smallest absolute Gasteiger partial charge is 0.185 e. The number of nitrogens with one attached hydrogen (secondary N) is 1. The molecule has 2 rings (SSSR count). The molecule has 1 nitrogen and oxygen atoms in total. The van der Waals surface area contributed by atoms with Crippen LogP contribution in [0, 0.1) is 34.6 Å². The summed E-state index contributed by atoms with van der Waals surface area (Å²) >= 11 is 0. The zero-order valence-electron chi connectivity index (χ0n) is 11.2. The summed E-state index contributed by atoms with van der Waals surface area (Å²) in [5.74, 6) is -5.32. The second kappa shape index (κ2) is 4.69. The van der Waals surface area contributed by atoms with Gasteiger partial charge in [-0.2, -0.15) is 0 Å². The minimum absolute atomic E-state index is 0.0515. The summed E-state index contributed by atoms with van der Waals surface area (Å²) in [6.45, 7) is 6.08. The molecule has 0 aliphatic heterocycles. The lowest BCUT2D eigenvalue weighted by atomic mass is 9.91. The molecule has 19 heavy (non-hydrogen) atoms. The third-order valence-electron chi connectivity index (χ3n) is 3.78. The van der Waals surface area contributed by atoms with Crippen LogP contribution in [0.5, 0.6) is 0 Å². The number of halogens is 4. The van der Waals surface area contributed by atoms with Crippen LogP contribution < -0.4 is 5.32 Å². The van der Waals surface area contributed by atoms with Gasteiger partial charge in [0.25, 0.3) is 0 Å². The Kier molecular flexibility index (Phi) is 3.49. The highest BCUT2D eigenvalue weighted by Gasteiger charge is 2.37. The SMILES string of the molecule is CC1CC(C)(C)CC1Nc1c(F)c(F)cc(F)c1F. The molecule has 0 heterocycles. The van der Waals surface area contributed by atoms with Gasteiger partial charge in [-0.05, 0) is 24.2 Å². The first-order valence-corrected chi connectivity index (χ1v) is 6.31. The van der Waals surface area contributed by atoms with E-state index in [1.807, 2.05) is 6.92 Å². The van der Waals surface area contributed by atoms with Gasteiger partial charge in [-0.3, -0.25) is 0 Å². The van der Waals surface area contributed by atoms with Gasteiger partial charge in [0.15, 0.2) is 23.3 Å². The number of rotatable bonds is 2. The molecule has 1 N–H and O–H groups in total. The van der Waals surface area contributed by atoms with Gasteiger partial charge < -0.3 is 5.32 Å². The van der Waals surface area contributed by atoms with Crippen molar-refractivity contribution in [2.24, 2.45) is 11.3 Å². The first-order valence-electron chi connectivity index (χ1n) is 6.31. The molecule has 1 aliphatic rings. The van der Waals surface area contributed by atoms with Crippen LogP contribution in [0.2, 0.25) is 0 Å². The van der Waals surface area contributed by atoms with Gasteiger partial charge in [-0.25, -0.2) is 17.6 Å². The van der Waals surface area contributed by atoms with Crippen molar-refractivity contribution in [2.75, 3.05) is 5.32 Å². The van der Waals surface area contributed by atoms with Gasteiger partial charge in [0, 0.05) is 12.1 Å². The van der Waals surface area contributed by atoms with Gasteiger partial charge in [-0.1, -0.05) is 20.8 Å². The van der Waals surface area contributed by atoms with Crippen molar-refractivity contribution in [2.45, 2.75) is 39.7 Å². The van der Waals surface area contributed by atoms with Crippen molar-refractivity contribution in [1.82, 2.24) is 0 Å². The number of anilines is 1. The highest BCUT2D eigenvalue weighted by molar-refractivity contribution is 5.48. The lowest BCUT2D eigenvalue weighted by Gasteiger charge is -2.20. The fourth-order valence-electron chi connectivity index (χ4n) is 2.97. The average molecular weight is 275 g/mol. The Bertz CT molecular complexity index is 472. The maximum Gasteiger partial charge on any atom is 0.185 e. The van der Waals surface area contributed by atoms with Crippen LogP contribution in [0.25, 0.3) is 0 Å². The molecule has 1 fully saturated rings. The topological polar surface area (TPSA) is 12.0 Å². The highest BCUT2D eigenvalue weighted by Crippen LogP contribution is 2.42. The molecule has 0 saturated heterocycles. The summed E-state index contributed by atoms with van der Waals surface area (Å²) in [5.41, 5.74) is -0.650. The van der Waals surface area contributed by atoms with Crippen molar-refractivity contribution in [3.8, 4) is 0 Å². The molecule has 0 radical (unpaired) electrons. The van der Waals surface area contributed by atoms with Crippen LogP contribution >= 0.6 is 0 Å². The van der Waals surface area contributed by atoms with Crippen LogP contribution in [0.3, 0.4) is 0 Å². The third-order valence-corrected chi connectivity index (χ3v) is 3.78. The van der Waals surface area contributed by atoms with Gasteiger partial charge in [0.1, 0.15) is 5.69 Å². The first-order chi connectivity index (χ1) is 8.71. The Morgan fingerprint density at radius 1 is 1.05 bits per heavy atom. The van der Waals surface area contributed by atoms with E-state index >= 15 is 0 Å². The Balaban J connectivity index is 2.30. The zero-order chi connectivity index (χ0) is 14.4. The van der Waals surface area contributed by atoms with E-state index in [0.717, 1.165) is 6.42 Å². The largest absolute Gasteiger partial charge is 0.377 e. The van der Waals surface area contributed by atoms with Crippen LogP contribution in [0.15, 0.2) is 6.07 Å². The van der Waals surface area contributed by atoms with E-state index in [-0.39, 0.29) is 23.4 Å². The van der Waals surface area contributed by atoms with Crippen molar-refractivity contribution < 1.29 is 17.6 Å². The molecular formula is C14H17F4N. The molecule has 1 aromatic carbocycles. The summed E-state index contributed by atoms with van der Waals surface area (Å²) < 4.78 is 53.4. The predicted octanol–water partition coefficient (Wildman–Crippen LogP) is 4.48. The lowest BCUT2D eigenvalue weighted by Crippen LogP contribution is -2.24. The molecule has 1 aliphatic carbocycles. The van der Waals surface area contributed by atoms with Gasteiger partial charge in [0.05, 0.1) is 0 Å². The van der Waals surface area contributed by atoms with Crippen molar-refractivity contribution in [3.63, 3.8) is 0 Å². The van der Waals surface area contributed by atoms with Gasteiger partial charge >= 0.3 is 0 Å². The fraction of sp³-hybridized carbons (Fsp3) is 0.571. The fourth-order valence-corrected chi connectivity index (χ4v) is 2.97. The first kappa shape index (κ1) is 14.2. The molecule has 0 amide bonds. The highest BCUT2D eigenvalue weighted by atomic mass is 19.2. The molecule has 0 aromatic heterocycles. The summed E-state index contributed by atoms with van der Waals surface area (Å²) in [7, 11) is 0. The van der Waals surface area contributed by atoms with Crippen LogP contribution in [-0.4, -0.2) is 6.04 Å². The molecule has 2 atom stereocenters. The number of hydrogen-bond donors (Lipinski definition) is 1. The predicted molar refractivity (Wildman–Crippen MR) is 65.9 cm³/mol. The number of hydrogen-bond acceptors (Lipinski definition) is 1. The van der Waals surface area contributed by atoms with E-state index in [0.29, 0.717) is 6.42 Å². The molecule has 1 aromatic rings. The van der Waals surface area contributed by atoms with E-state index < -0.39 is 29.0 Å². The molecule has 2 unspecified atom stereocenters. The van der Waals surface area contributed by atoms with E-state index in [2.05, 4.69) is 19.2 Å². The Hall–Kier alpha value is -1.26. The van der Waals surface area contributed by atoms with Crippen LogP contribution in [-0.2, 0) is 0 Å². The standard InChI is InChI=1S/C14H17F4N/c1-7-5-14(2,3)6-10(7)19-13-11(17)8(15)4-9(16)12(13)18/h4,7,10,19H,5-6H2,1-3H3. The van der Waals surface area contributed by atoms with Crippen molar-refractivity contribution in [1.29, 1.82) is 0 Å². The van der Waals surface area contributed by atoms with Gasteiger partial charge in [0.2, 0.25) is 0 Å². The maximum atomic E-state index is 13.6. The van der Waals surface area contributed by atoms with Gasteiger partial charge in [-0.15, -0.1) is 0 Å². The monoisotopic (exact) mass is 275 g/mol. The Labute approximate surface area is 110 Å². The third kappa shape index (κ3) is 2.69.